The van der Waals surface area contributed by atoms with Crippen LogP contribution in [0, 0.1) is 6.92 Å². The average molecular weight is 322 g/mol. The van der Waals surface area contributed by atoms with Crippen molar-refractivity contribution in [3.8, 4) is 0 Å². The third kappa shape index (κ3) is 3.24. The Hall–Kier alpha value is -1.06. The van der Waals surface area contributed by atoms with Crippen LogP contribution in [0.25, 0.3) is 0 Å². The van der Waals surface area contributed by atoms with E-state index in [9.17, 15) is 0 Å². The molecule has 0 bridgehead atoms. The lowest BCUT2D eigenvalue weighted by molar-refractivity contribution is 0.816. The summed E-state index contributed by atoms with van der Waals surface area (Å²) in [4.78, 5) is 1.34. The van der Waals surface area contributed by atoms with E-state index in [0.717, 1.165) is 16.6 Å². The Morgan fingerprint density at radius 2 is 2.28 bits per heavy atom. The van der Waals surface area contributed by atoms with Gasteiger partial charge in [0.05, 0.1) is 6.04 Å². The van der Waals surface area contributed by atoms with Crippen molar-refractivity contribution in [1.29, 1.82) is 0 Å². The van der Waals surface area contributed by atoms with Crippen LogP contribution in [0.15, 0.2) is 52.8 Å². The van der Waals surface area contributed by atoms with Crippen molar-refractivity contribution in [1.82, 2.24) is 0 Å². The number of rotatable bonds is 5. The molecule has 3 heteroatoms. The smallest absolute Gasteiger partial charge is 0.0640 e. The van der Waals surface area contributed by atoms with Crippen molar-refractivity contribution in [2.75, 3.05) is 5.32 Å². The molecule has 0 aliphatic heterocycles. The molecule has 1 nitrogen and oxygen atoms in total. The summed E-state index contributed by atoms with van der Waals surface area (Å²) < 4.78 is 1.14. The fourth-order valence-corrected chi connectivity index (χ4v) is 2.88. The topological polar surface area (TPSA) is 12.0 Å². The van der Waals surface area contributed by atoms with E-state index in [4.69, 9.17) is 0 Å². The van der Waals surface area contributed by atoms with Crippen LogP contribution >= 0.6 is 27.3 Å². The van der Waals surface area contributed by atoms with Gasteiger partial charge in [-0.05, 0) is 48.6 Å². The molecule has 1 N–H and O–H groups in total. The lowest BCUT2D eigenvalue weighted by Crippen LogP contribution is -2.08. The van der Waals surface area contributed by atoms with Crippen molar-refractivity contribution in [3.05, 3.63) is 63.3 Å². The number of nitrogens with one attached hydrogen (secondary N) is 1. The highest BCUT2D eigenvalue weighted by atomic mass is 79.9. The molecule has 0 spiro atoms. The van der Waals surface area contributed by atoms with Crippen molar-refractivity contribution in [2.45, 2.75) is 19.4 Å². The lowest BCUT2D eigenvalue weighted by Gasteiger charge is -2.17. The maximum Gasteiger partial charge on any atom is 0.0640 e. The van der Waals surface area contributed by atoms with Gasteiger partial charge in [-0.1, -0.05) is 28.1 Å². The van der Waals surface area contributed by atoms with Crippen LogP contribution in [-0.4, -0.2) is 0 Å². The molecule has 0 radical (unpaired) electrons. The third-order valence-electron chi connectivity index (χ3n) is 2.79. The Kier molecular flexibility index (Phi) is 4.61. The van der Waals surface area contributed by atoms with E-state index in [2.05, 4.69) is 70.5 Å². The summed E-state index contributed by atoms with van der Waals surface area (Å²) in [5, 5.41) is 5.68. The molecule has 0 saturated heterocycles. The summed E-state index contributed by atoms with van der Waals surface area (Å²) in [7, 11) is 0. The Morgan fingerprint density at radius 1 is 1.44 bits per heavy atom. The molecule has 2 rings (SSSR count). The first-order valence-corrected chi connectivity index (χ1v) is 7.55. The molecule has 0 aliphatic carbocycles. The summed E-state index contributed by atoms with van der Waals surface area (Å²) in [6.07, 6.45) is 2.89. The molecule has 1 aromatic heterocycles. The van der Waals surface area contributed by atoms with Gasteiger partial charge in [0.2, 0.25) is 0 Å². The van der Waals surface area contributed by atoms with E-state index in [1.165, 1.54) is 10.4 Å². The fraction of sp³-hybridized carbons (Fsp3) is 0.200. The lowest BCUT2D eigenvalue weighted by atomic mass is 10.1. The third-order valence-corrected chi connectivity index (χ3v) is 4.66. The molecule has 1 aromatic carbocycles. The van der Waals surface area contributed by atoms with Crippen LogP contribution < -0.4 is 5.32 Å². The molecule has 1 heterocycles. The van der Waals surface area contributed by atoms with E-state index in [1.54, 1.807) is 11.3 Å². The maximum absolute atomic E-state index is 3.84. The van der Waals surface area contributed by atoms with Gasteiger partial charge in [0, 0.05) is 15.0 Å². The molecular weight excluding hydrogens is 306 g/mol. The van der Waals surface area contributed by atoms with Crippen LogP contribution in [0.1, 0.15) is 22.9 Å². The van der Waals surface area contributed by atoms with Gasteiger partial charge >= 0.3 is 0 Å². The molecule has 0 amide bonds. The first kappa shape index (κ1) is 13.4. The van der Waals surface area contributed by atoms with Gasteiger partial charge in [-0.25, -0.2) is 0 Å². The molecular formula is C15H16BrNS. The Bertz CT molecular complexity index is 519. The van der Waals surface area contributed by atoms with Crippen LogP contribution in [0.3, 0.4) is 0 Å². The molecule has 0 aliphatic rings. The van der Waals surface area contributed by atoms with Crippen molar-refractivity contribution >= 4 is 33.0 Å². The first-order valence-electron chi connectivity index (χ1n) is 5.87. The quantitative estimate of drug-likeness (QED) is 0.712. The van der Waals surface area contributed by atoms with Crippen LogP contribution in [0.2, 0.25) is 0 Å². The molecule has 1 atom stereocenters. The van der Waals surface area contributed by atoms with Crippen LogP contribution in [0.4, 0.5) is 5.69 Å². The monoisotopic (exact) mass is 321 g/mol. The summed E-state index contributed by atoms with van der Waals surface area (Å²) in [5.41, 5.74) is 2.39. The highest BCUT2D eigenvalue weighted by molar-refractivity contribution is 9.10. The van der Waals surface area contributed by atoms with Gasteiger partial charge < -0.3 is 5.32 Å². The summed E-state index contributed by atoms with van der Waals surface area (Å²) in [6.45, 7) is 5.94. The van der Waals surface area contributed by atoms with Gasteiger partial charge in [0.1, 0.15) is 0 Å². The standard InChI is InChI=1S/C15H16BrNS/c1-3-5-14(15-6-4-9-18-15)17-12-7-8-13(16)11(2)10-12/h3-4,6-10,14,17H,1,5H2,2H3. The number of anilines is 1. The van der Waals surface area contributed by atoms with Crippen LogP contribution in [0.5, 0.6) is 0 Å². The zero-order valence-corrected chi connectivity index (χ0v) is 12.7. The van der Waals surface area contributed by atoms with Gasteiger partial charge in [0.25, 0.3) is 0 Å². The Morgan fingerprint density at radius 3 is 2.89 bits per heavy atom. The highest BCUT2D eigenvalue weighted by Gasteiger charge is 2.10. The van der Waals surface area contributed by atoms with E-state index < -0.39 is 0 Å². The summed E-state index contributed by atoms with van der Waals surface area (Å²) >= 11 is 5.30. The Balaban J connectivity index is 2.18. The van der Waals surface area contributed by atoms with Crippen molar-refractivity contribution < 1.29 is 0 Å². The van der Waals surface area contributed by atoms with Crippen molar-refractivity contribution in [3.63, 3.8) is 0 Å². The first-order chi connectivity index (χ1) is 8.70. The van der Waals surface area contributed by atoms with E-state index in [-0.39, 0.29) is 0 Å². The number of aryl methyl sites for hydroxylation is 1. The van der Waals surface area contributed by atoms with Gasteiger partial charge in [-0.15, -0.1) is 17.9 Å². The SMILES string of the molecule is C=CCC(Nc1ccc(Br)c(C)c1)c1cccs1. The zero-order chi connectivity index (χ0) is 13.0. The minimum Gasteiger partial charge on any atom is -0.377 e. The zero-order valence-electron chi connectivity index (χ0n) is 10.3. The predicted octanol–water partition coefficient (Wildman–Crippen LogP) is 5.55. The maximum atomic E-state index is 3.84. The van der Waals surface area contributed by atoms with E-state index in [1.807, 2.05) is 6.08 Å². The number of hydrogen-bond donors (Lipinski definition) is 1. The summed E-state index contributed by atoms with van der Waals surface area (Å²) in [5.74, 6) is 0. The number of halogens is 1. The highest BCUT2D eigenvalue weighted by Crippen LogP contribution is 2.28. The van der Waals surface area contributed by atoms with E-state index in [0.29, 0.717) is 6.04 Å². The van der Waals surface area contributed by atoms with Gasteiger partial charge in [-0.2, -0.15) is 0 Å². The second kappa shape index (κ2) is 6.21. The summed E-state index contributed by atoms with van der Waals surface area (Å²) in [6, 6.07) is 10.9. The average Bonchev–Trinajstić information content (AvgIpc) is 2.87. The molecule has 1 unspecified atom stereocenters. The molecule has 0 saturated carbocycles. The second-order valence-corrected chi connectivity index (χ2v) is 6.03. The molecule has 18 heavy (non-hydrogen) atoms. The molecule has 2 aromatic rings. The van der Waals surface area contributed by atoms with Gasteiger partial charge in [-0.3, -0.25) is 0 Å². The molecule has 94 valence electrons. The minimum atomic E-state index is 0.308. The van der Waals surface area contributed by atoms with Gasteiger partial charge in [0.15, 0.2) is 0 Å². The number of hydrogen-bond acceptors (Lipinski definition) is 2. The Labute approximate surface area is 121 Å². The number of benzene rings is 1. The second-order valence-electron chi connectivity index (χ2n) is 4.20. The minimum absolute atomic E-state index is 0.308. The number of thiophene rings is 1. The normalized spacial score (nSPS) is 12.1. The molecule has 0 fully saturated rings. The van der Waals surface area contributed by atoms with Crippen molar-refractivity contribution in [2.24, 2.45) is 0 Å². The van der Waals surface area contributed by atoms with Crippen LogP contribution in [-0.2, 0) is 0 Å². The predicted molar refractivity (Wildman–Crippen MR) is 84.4 cm³/mol. The fourth-order valence-electron chi connectivity index (χ4n) is 1.84. The van der Waals surface area contributed by atoms with E-state index >= 15 is 0 Å². The largest absolute Gasteiger partial charge is 0.377 e.